The number of aliphatic hydroxyl groups is 1. The van der Waals surface area contributed by atoms with E-state index < -0.39 is 15.8 Å². The van der Waals surface area contributed by atoms with Crippen LogP contribution in [-0.4, -0.2) is 72.9 Å². The van der Waals surface area contributed by atoms with Crippen LogP contribution >= 0.6 is 11.3 Å². The number of piperidine rings is 2. The molecule has 1 N–H and O–H groups in total. The Hall–Kier alpha value is -0.510. The van der Waals surface area contributed by atoms with Gasteiger partial charge in [-0.1, -0.05) is 0 Å². The van der Waals surface area contributed by atoms with E-state index in [1.165, 1.54) is 19.1 Å². The molecule has 136 valence electrons. The van der Waals surface area contributed by atoms with Gasteiger partial charge in [0, 0.05) is 57.6 Å². The van der Waals surface area contributed by atoms with E-state index in [9.17, 15) is 13.5 Å². The lowest BCUT2D eigenvalue weighted by molar-refractivity contribution is -0.103. The summed E-state index contributed by atoms with van der Waals surface area (Å²) in [6.45, 7) is 5.42. The van der Waals surface area contributed by atoms with Crippen LogP contribution in [0.25, 0.3) is 0 Å². The predicted molar refractivity (Wildman–Crippen MR) is 96.2 cm³/mol. The molecule has 8 heteroatoms. The van der Waals surface area contributed by atoms with Crippen molar-refractivity contribution in [1.82, 2.24) is 13.5 Å². The molecule has 2 saturated heterocycles. The van der Waals surface area contributed by atoms with E-state index in [1.54, 1.807) is 25.4 Å². The molecule has 3 heterocycles. The van der Waals surface area contributed by atoms with E-state index in [2.05, 4.69) is 23.3 Å². The topological polar surface area (TPSA) is 64.1 Å². The zero-order valence-electron chi connectivity index (χ0n) is 14.6. The van der Waals surface area contributed by atoms with Crippen LogP contribution in [0, 0.1) is 12.8 Å². The van der Waals surface area contributed by atoms with Crippen molar-refractivity contribution in [3.63, 3.8) is 0 Å². The fraction of sp³-hybridized carbons (Fsp3) is 0.750. The Morgan fingerprint density at radius 2 is 2.04 bits per heavy atom. The maximum atomic E-state index is 12.4. The van der Waals surface area contributed by atoms with Gasteiger partial charge in [0.1, 0.15) is 0 Å². The van der Waals surface area contributed by atoms with Crippen molar-refractivity contribution in [2.24, 2.45) is 5.92 Å². The van der Waals surface area contributed by atoms with Gasteiger partial charge in [0.2, 0.25) is 0 Å². The van der Waals surface area contributed by atoms with E-state index in [-0.39, 0.29) is 5.92 Å². The Bertz CT molecular complexity index is 688. The molecule has 3 rings (SSSR count). The Morgan fingerprint density at radius 1 is 1.33 bits per heavy atom. The standard InChI is InChI=1S/C16H27N3O3S2/c1-13-4-9-23-15(13)12-18-7-5-16(20)6-8-19(11-14(16)10-18)24(21,22)17(2)3/h4,9,14,20H,5-8,10-12H2,1-3H3/t14-,16-/m0/s1. The molecule has 1 aromatic rings. The monoisotopic (exact) mass is 373 g/mol. The lowest BCUT2D eigenvalue weighted by Gasteiger charge is -2.50. The molecule has 2 fully saturated rings. The molecule has 0 amide bonds. The van der Waals surface area contributed by atoms with E-state index in [1.807, 2.05) is 0 Å². The minimum absolute atomic E-state index is 0.0324. The average Bonchev–Trinajstić information content (AvgIpc) is 2.92. The first-order valence-electron chi connectivity index (χ1n) is 8.38. The number of hydrogen-bond acceptors (Lipinski definition) is 5. The second kappa shape index (κ2) is 6.66. The Labute approximate surface area is 148 Å². The first kappa shape index (κ1) is 18.3. The summed E-state index contributed by atoms with van der Waals surface area (Å²) < 4.78 is 27.6. The van der Waals surface area contributed by atoms with Crippen molar-refractivity contribution in [2.75, 3.05) is 40.3 Å². The van der Waals surface area contributed by atoms with Crippen molar-refractivity contribution in [1.29, 1.82) is 0 Å². The summed E-state index contributed by atoms with van der Waals surface area (Å²) in [4.78, 5) is 3.71. The molecule has 6 nitrogen and oxygen atoms in total. The van der Waals surface area contributed by atoms with Gasteiger partial charge in [-0.05, 0) is 36.8 Å². The van der Waals surface area contributed by atoms with Crippen molar-refractivity contribution in [3.05, 3.63) is 21.9 Å². The molecule has 2 aliphatic heterocycles. The van der Waals surface area contributed by atoms with E-state index >= 15 is 0 Å². The fourth-order valence-electron chi connectivity index (χ4n) is 3.69. The largest absolute Gasteiger partial charge is 0.389 e. The normalized spacial score (nSPS) is 29.8. The number of thiophene rings is 1. The van der Waals surface area contributed by atoms with Gasteiger partial charge in [-0.25, -0.2) is 0 Å². The summed E-state index contributed by atoms with van der Waals surface area (Å²) in [6.07, 6.45) is 1.24. The van der Waals surface area contributed by atoms with Gasteiger partial charge in [0.15, 0.2) is 0 Å². The first-order chi connectivity index (χ1) is 11.2. The van der Waals surface area contributed by atoms with Crippen LogP contribution in [0.1, 0.15) is 23.3 Å². The molecule has 0 spiro atoms. The number of nitrogens with zero attached hydrogens (tertiary/aromatic N) is 3. The van der Waals surface area contributed by atoms with Crippen molar-refractivity contribution in [3.8, 4) is 0 Å². The Morgan fingerprint density at radius 3 is 2.67 bits per heavy atom. The quantitative estimate of drug-likeness (QED) is 0.859. The lowest BCUT2D eigenvalue weighted by atomic mass is 9.76. The minimum Gasteiger partial charge on any atom is -0.389 e. The zero-order valence-corrected chi connectivity index (χ0v) is 16.2. The lowest BCUT2D eigenvalue weighted by Crippen LogP contribution is -2.61. The van der Waals surface area contributed by atoms with Gasteiger partial charge >= 0.3 is 0 Å². The van der Waals surface area contributed by atoms with Crippen molar-refractivity contribution >= 4 is 21.5 Å². The van der Waals surface area contributed by atoms with Gasteiger partial charge in [0.05, 0.1) is 5.60 Å². The smallest absolute Gasteiger partial charge is 0.281 e. The average molecular weight is 374 g/mol. The second-order valence-electron chi connectivity index (χ2n) is 7.21. The van der Waals surface area contributed by atoms with Crippen LogP contribution in [0.15, 0.2) is 11.4 Å². The van der Waals surface area contributed by atoms with E-state index in [0.717, 1.165) is 26.1 Å². The number of hydrogen-bond donors (Lipinski definition) is 1. The van der Waals surface area contributed by atoms with Crippen LogP contribution < -0.4 is 0 Å². The summed E-state index contributed by atoms with van der Waals surface area (Å²) >= 11 is 1.76. The summed E-state index contributed by atoms with van der Waals surface area (Å²) in [5.74, 6) is -0.0324. The summed E-state index contributed by atoms with van der Waals surface area (Å²) in [5, 5.41) is 13.1. The molecule has 0 aromatic carbocycles. The molecule has 2 atom stereocenters. The highest BCUT2D eigenvalue weighted by molar-refractivity contribution is 7.86. The maximum Gasteiger partial charge on any atom is 0.281 e. The first-order valence-corrected chi connectivity index (χ1v) is 10.7. The Balaban J connectivity index is 1.71. The maximum absolute atomic E-state index is 12.4. The molecular formula is C16H27N3O3S2. The van der Waals surface area contributed by atoms with Gasteiger partial charge in [-0.15, -0.1) is 11.3 Å². The highest BCUT2D eigenvalue weighted by Crippen LogP contribution is 2.37. The predicted octanol–water partition coefficient (Wildman–Crippen LogP) is 1.12. The SMILES string of the molecule is Cc1ccsc1CN1CC[C@]2(O)CCN(S(=O)(=O)N(C)C)C[C@@H]2C1. The number of aryl methyl sites for hydroxylation is 1. The number of fused-ring (bicyclic) bond motifs is 1. The zero-order chi connectivity index (χ0) is 17.5. The highest BCUT2D eigenvalue weighted by atomic mass is 32.2. The summed E-state index contributed by atoms with van der Waals surface area (Å²) in [7, 11) is -0.295. The summed E-state index contributed by atoms with van der Waals surface area (Å²) in [5.41, 5.74) is 0.584. The van der Waals surface area contributed by atoms with Crippen LogP contribution in [0.5, 0.6) is 0 Å². The van der Waals surface area contributed by atoms with Crippen molar-refractivity contribution in [2.45, 2.75) is 31.9 Å². The molecule has 0 saturated carbocycles. The molecule has 0 aliphatic carbocycles. The van der Waals surface area contributed by atoms with Crippen molar-refractivity contribution < 1.29 is 13.5 Å². The van der Waals surface area contributed by atoms with Gasteiger partial charge < -0.3 is 5.11 Å². The van der Waals surface area contributed by atoms with E-state index in [4.69, 9.17) is 0 Å². The second-order valence-corrected chi connectivity index (χ2v) is 10.4. The number of likely N-dealkylation sites (tertiary alicyclic amines) is 1. The van der Waals surface area contributed by atoms with Gasteiger partial charge in [-0.2, -0.15) is 17.0 Å². The van der Waals surface area contributed by atoms with Crippen LogP contribution in [0.3, 0.4) is 0 Å². The Kier molecular flexibility index (Phi) is 5.07. The molecule has 2 aliphatic rings. The third-order valence-corrected chi connectivity index (χ3v) is 8.36. The molecule has 0 unspecified atom stereocenters. The molecule has 24 heavy (non-hydrogen) atoms. The van der Waals surface area contributed by atoms with Crippen LogP contribution in [0.4, 0.5) is 0 Å². The molecule has 0 bridgehead atoms. The van der Waals surface area contributed by atoms with Crippen LogP contribution in [-0.2, 0) is 16.8 Å². The molecular weight excluding hydrogens is 346 g/mol. The minimum atomic E-state index is -3.41. The molecule has 1 aromatic heterocycles. The van der Waals surface area contributed by atoms with Gasteiger partial charge in [0.25, 0.3) is 10.2 Å². The third-order valence-electron chi connectivity index (χ3n) is 5.44. The van der Waals surface area contributed by atoms with E-state index in [0.29, 0.717) is 19.5 Å². The molecule has 0 radical (unpaired) electrons. The highest BCUT2D eigenvalue weighted by Gasteiger charge is 2.47. The van der Waals surface area contributed by atoms with Crippen LogP contribution in [0.2, 0.25) is 0 Å². The number of rotatable bonds is 4. The third kappa shape index (κ3) is 3.40. The summed E-state index contributed by atoms with van der Waals surface area (Å²) in [6, 6.07) is 2.13. The van der Waals surface area contributed by atoms with Gasteiger partial charge in [-0.3, -0.25) is 4.90 Å². The fourth-order valence-corrected chi connectivity index (χ4v) is 5.79.